The number of aromatic nitrogens is 1. The standard InChI is InChI=1S/C13H12N2O3/c16-12-5-7-15(11-4-2-1-3-9(11)12)13(17)10-6-8-18-14-10/h1-4,6,8,12,16H,5,7H2. The smallest absolute Gasteiger partial charge is 0.280 e. The normalized spacial score (nSPS) is 18.5. The number of rotatable bonds is 1. The molecule has 0 fully saturated rings. The molecule has 1 amide bonds. The molecule has 1 aromatic carbocycles. The topological polar surface area (TPSA) is 66.6 Å². The van der Waals surface area contributed by atoms with Crippen molar-refractivity contribution in [3.05, 3.63) is 47.9 Å². The minimum absolute atomic E-state index is 0.205. The Hall–Kier alpha value is -2.14. The van der Waals surface area contributed by atoms with Crippen molar-refractivity contribution >= 4 is 11.6 Å². The van der Waals surface area contributed by atoms with E-state index < -0.39 is 6.10 Å². The van der Waals surface area contributed by atoms with Gasteiger partial charge in [-0.3, -0.25) is 4.79 Å². The molecule has 3 rings (SSSR count). The van der Waals surface area contributed by atoms with E-state index in [4.69, 9.17) is 0 Å². The zero-order valence-corrected chi connectivity index (χ0v) is 9.61. The Morgan fingerprint density at radius 3 is 3.00 bits per heavy atom. The zero-order valence-electron chi connectivity index (χ0n) is 9.61. The number of aliphatic hydroxyl groups excluding tert-OH is 1. The monoisotopic (exact) mass is 244 g/mol. The fourth-order valence-corrected chi connectivity index (χ4v) is 2.21. The van der Waals surface area contributed by atoms with Gasteiger partial charge in [0.25, 0.3) is 5.91 Å². The number of hydrogen-bond acceptors (Lipinski definition) is 4. The molecular formula is C13H12N2O3. The van der Waals surface area contributed by atoms with Crippen LogP contribution in [0.5, 0.6) is 0 Å². The highest BCUT2D eigenvalue weighted by molar-refractivity contribution is 6.05. The molecule has 1 aliphatic heterocycles. The average molecular weight is 244 g/mol. The number of anilines is 1. The van der Waals surface area contributed by atoms with Crippen LogP contribution in [-0.2, 0) is 0 Å². The summed E-state index contributed by atoms with van der Waals surface area (Å²) in [5.74, 6) is -0.205. The molecule has 2 heterocycles. The van der Waals surface area contributed by atoms with Gasteiger partial charge in [0.1, 0.15) is 6.26 Å². The lowest BCUT2D eigenvalue weighted by molar-refractivity contribution is 0.0962. The summed E-state index contributed by atoms with van der Waals surface area (Å²) in [6.45, 7) is 0.476. The summed E-state index contributed by atoms with van der Waals surface area (Å²) in [4.78, 5) is 13.9. The summed E-state index contributed by atoms with van der Waals surface area (Å²) in [6.07, 6.45) is 1.39. The first-order chi connectivity index (χ1) is 8.77. The zero-order chi connectivity index (χ0) is 12.5. The molecule has 5 nitrogen and oxygen atoms in total. The van der Waals surface area contributed by atoms with Gasteiger partial charge in [0.05, 0.1) is 6.10 Å². The molecule has 92 valence electrons. The maximum absolute atomic E-state index is 12.3. The van der Waals surface area contributed by atoms with Crippen molar-refractivity contribution in [1.82, 2.24) is 5.16 Å². The first-order valence-corrected chi connectivity index (χ1v) is 5.76. The number of hydrogen-bond donors (Lipinski definition) is 1. The Bertz CT molecular complexity index is 565. The third-order valence-electron chi connectivity index (χ3n) is 3.11. The Balaban J connectivity index is 2.00. The molecule has 18 heavy (non-hydrogen) atoms. The van der Waals surface area contributed by atoms with E-state index in [-0.39, 0.29) is 11.6 Å². The highest BCUT2D eigenvalue weighted by atomic mass is 16.5. The summed E-state index contributed by atoms with van der Waals surface area (Å²) in [5.41, 5.74) is 1.80. The van der Waals surface area contributed by atoms with Gasteiger partial charge in [-0.05, 0) is 12.5 Å². The Kier molecular flexibility index (Phi) is 2.60. The molecule has 0 saturated carbocycles. The SMILES string of the molecule is O=C(c1ccon1)N1CCC(O)c2ccccc21. The van der Waals surface area contributed by atoms with Crippen LogP contribution in [-0.4, -0.2) is 22.7 Å². The van der Waals surface area contributed by atoms with Crippen LogP contribution in [0.3, 0.4) is 0 Å². The van der Waals surface area contributed by atoms with E-state index in [1.165, 1.54) is 12.3 Å². The number of nitrogens with zero attached hydrogens (tertiary/aromatic N) is 2. The number of benzene rings is 1. The molecule has 1 unspecified atom stereocenters. The summed E-state index contributed by atoms with van der Waals surface area (Å²) in [7, 11) is 0. The van der Waals surface area contributed by atoms with E-state index in [0.29, 0.717) is 13.0 Å². The van der Waals surface area contributed by atoms with E-state index in [2.05, 4.69) is 9.68 Å². The number of para-hydroxylation sites is 1. The van der Waals surface area contributed by atoms with E-state index in [1.54, 1.807) is 4.90 Å². The van der Waals surface area contributed by atoms with Gasteiger partial charge in [0.2, 0.25) is 0 Å². The van der Waals surface area contributed by atoms with Gasteiger partial charge in [0, 0.05) is 23.9 Å². The summed E-state index contributed by atoms with van der Waals surface area (Å²) in [5, 5.41) is 13.6. The second-order valence-corrected chi connectivity index (χ2v) is 4.20. The van der Waals surface area contributed by atoms with Gasteiger partial charge in [-0.1, -0.05) is 23.4 Å². The van der Waals surface area contributed by atoms with Crippen molar-refractivity contribution in [3.8, 4) is 0 Å². The number of amides is 1. The predicted molar refractivity (Wildman–Crippen MR) is 64.2 cm³/mol. The van der Waals surface area contributed by atoms with Crippen LogP contribution in [0, 0.1) is 0 Å². The Morgan fingerprint density at radius 1 is 1.39 bits per heavy atom. The van der Waals surface area contributed by atoms with Crippen molar-refractivity contribution in [1.29, 1.82) is 0 Å². The molecule has 0 bridgehead atoms. The maximum atomic E-state index is 12.3. The van der Waals surface area contributed by atoms with Crippen LogP contribution >= 0.6 is 0 Å². The van der Waals surface area contributed by atoms with Crippen molar-refractivity contribution in [2.24, 2.45) is 0 Å². The lowest BCUT2D eigenvalue weighted by Gasteiger charge is -2.31. The van der Waals surface area contributed by atoms with Gasteiger partial charge >= 0.3 is 0 Å². The number of fused-ring (bicyclic) bond motifs is 1. The van der Waals surface area contributed by atoms with Crippen molar-refractivity contribution in [3.63, 3.8) is 0 Å². The number of aliphatic hydroxyl groups is 1. The van der Waals surface area contributed by atoms with Crippen LogP contribution in [0.4, 0.5) is 5.69 Å². The van der Waals surface area contributed by atoms with Crippen molar-refractivity contribution in [2.45, 2.75) is 12.5 Å². The van der Waals surface area contributed by atoms with E-state index in [0.717, 1.165) is 11.3 Å². The summed E-state index contributed by atoms with van der Waals surface area (Å²) in [6, 6.07) is 8.90. The van der Waals surface area contributed by atoms with Gasteiger partial charge in [-0.25, -0.2) is 0 Å². The molecule has 5 heteroatoms. The second kappa shape index (κ2) is 4.27. The van der Waals surface area contributed by atoms with Crippen LogP contribution in [0.1, 0.15) is 28.6 Å². The lowest BCUT2D eigenvalue weighted by atomic mass is 9.98. The molecule has 0 saturated heterocycles. The second-order valence-electron chi connectivity index (χ2n) is 4.20. The first-order valence-electron chi connectivity index (χ1n) is 5.76. The van der Waals surface area contributed by atoms with Crippen LogP contribution < -0.4 is 4.90 Å². The summed E-state index contributed by atoms with van der Waals surface area (Å²) < 4.78 is 4.69. The lowest BCUT2D eigenvalue weighted by Crippen LogP contribution is -2.36. The molecule has 1 atom stereocenters. The minimum atomic E-state index is -0.512. The molecule has 1 N–H and O–H groups in total. The third kappa shape index (κ3) is 1.69. The first kappa shape index (κ1) is 11.0. The van der Waals surface area contributed by atoms with E-state index in [9.17, 15) is 9.90 Å². The van der Waals surface area contributed by atoms with Crippen LogP contribution in [0.2, 0.25) is 0 Å². The Morgan fingerprint density at radius 2 is 2.22 bits per heavy atom. The van der Waals surface area contributed by atoms with Crippen molar-refractivity contribution in [2.75, 3.05) is 11.4 Å². The summed E-state index contributed by atoms with van der Waals surface area (Å²) >= 11 is 0. The molecule has 0 radical (unpaired) electrons. The highest BCUT2D eigenvalue weighted by Gasteiger charge is 2.28. The van der Waals surface area contributed by atoms with Crippen molar-refractivity contribution < 1.29 is 14.4 Å². The van der Waals surface area contributed by atoms with Gasteiger partial charge in [-0.15, -0.1) is 0 Å². The molecule has 1 aromatic heterocycles. The largest absolute Gasteiger partial charge is 0.388 e. The van der Waals surface area contributed by atoms with Gasteiger partial charge in [-0.2, -0.15) is 0 Å². The van der Waals surface area contributed by atoms with Gasteiger partial charge in [0.15, 0.2) is 5.69 Å². The van der Waals surface area contributed by atoms with Crippen LogP contribution in [0.25, 0.3) is 0 Å². The van der Waals surface area contributed by atoms with Gasteiger partial charge < -0.3 is 14.5 Å². The third-order valence-corrected chi connectivity index (χ3v) is 3.11. The number of carbonyl (C=O) groups is 1. The fourth-order valence-electron chi connectivity index (χ4n) is 2.21. The Labute approximate surface area is 104 Å². The van der Waals surface area contributed by atoms with E-state index >= 15 is 0 Å². The number of carbonyl (C=O) groups excluding carboxylic acids is 1. The van der Waals surface area contributed by atoms with E-state index in [1.807, 2.05) is 24.3 Å². The molecule has 0 aliphatic carbocycles. The molecule has 0 spiro atoms. The maximum Gasteiger partial charge on any atom is 0.280 e. The molecular weight excluding hydrogens is 232 g/mol. The molecule has 2 aromatic rings. The fraction of sp³-hybridized carbons (Fsp3) is 0.231. The van der Waals surface area contributed by atoms with Crippen LogP contribution in [0.15, 0.2) is 41.1 Å². The highest BCUT2D eigenvalue weighted by Crippen LogP contribution is 2.33. The quantitative estimate of drug-likeness (QED) is 0.830. The minimum Gasteiger partial charge on any atom is -0.388 e. The molecule has 1 aliphatic rings. The predicted octanol–water partition coefficient (Wildman–Crippen LogP) is 1.76. The average Bonchev–Trinajstić information content (AvgIpc) is 2.93.